The fourth-order valence-electron chi connectivity index (χ4n) is 2.07. The van der Waals surface area contributed by atoms with Crippen LogP contribution in [0.5, 0.6) is 0 Å². The van der Waals surface area contributed by atoms with E-state index >= 15 is 0 Å². The molecule has 0 aliphatic carbocycles. The van der Waals surface area contributed by atoms with Crippen LogP contribution in [0.4, 0.5) is 11.4 Å². The van der Waals surface area contributed by atoms with Crippen LogP contribution in [0.15, 0.2) is 36.4 Å². The quantitative estimate of drug-likeness (QED) is 0.632. The molecule has 2 aromatic rings. The second-order valence-corrected chi connectivity index (χ2v) is 4.15. The monoisotopic (exact) mass is 272 g/mol. The number of carboxylic acids is 2. The van der Waals surface area contributed by atoms with Crippen LogP contribution in [0.1, 0.15) is 20.7 Å². The Hall–Kier alpha value is -3.02. The van der Waals surface area contributed by atoms with E-state index in [1.807, 2.05) is 0 Å². The largest absolute Gasteiger partial charge is 0.478 e. The van der Waals surface area contributed by atoms with E-state index in [-0.39, 0.29) is 33.6 Å². The van der Waals surface area contributed by atoms with E-state index in [0.717, 1.165) is 0 Å². The van der Waals surface area contributed by atoms with E-state index in [2.05, 4.69) is 0 Å². The fraction of sp³-hybridized carbons (Fsp3) is 0. The first-order valence-electron chi connectivity index (χ1n) is 5.67. The zero-order valence-corrected chi connectivity index (χ0v) is 10.3. The first-order chi connectivity index (χ1) is 9.43. The van der Waals surface area contributed by atoms with Crippen LogP contribution < -0.4 is 11.5 Å². The molecule has 2 rings (SSSR count). The van der Waals surface area contributed by atoms with E-state index in [0.29, 0.717) is 0 Å². The van der Waals surface area contributed by atoms with Gasteiger partial charge < -0.3 is 21.7 Å². The molecule has 0 saturated carbocycles. The molecule has 6 heteroatoms. The van der Waals surface area contributed by atoms with Crippen LogP contribution in [0.25, 0.3) is 11.1 Å². The van der Waals surface area contributed by atoms with Gasteiger partial charge in [0.1, 0.15) is 0 Å². The highest BCUT2D eigenvalue weighted by Crippen LogP contribution is 2.32. The number of hydrogen-bond donors (Lipinski definition) is 4. The van der Waals surface area contributed by atoms with Crippen molar-refractivity contribution < 1.29 is 19.8 Å². The number of benzene rings is 2. The molecule has 0 radical (unpaired) electrons. The maximum Gasteiger partial charge on any atom is 0.338 e. The third-order valence-electron chi connectivity index (χ3n) is 2.91. The lowest BCUT2D eigenvalue weighted by Gasteiger charge is -2.12. The Kier molecular flexibility index (Phi) is 3.30. The van der Waals surface area contributed by atoms with Gasteiger partial charge in [0.05, 0.1) is 11.1 Å². The standard InChI is InChI=1S/C14H12N2O4/c15-9-5-1-3-7(11(9)13(17)18)8-4-2-6-10(16)12(8)14(19)20/h1-6H,15-16H2,(H,17,18)(H,19,20). The molecule has 2 aromatic carbocycles. The maximum absolute atomic E-state index is 11.3. The van der Waals surface area contributed by atoms with Gasteiger partial charge in [-0.05, 0) is 23.3 Å². The van der Waals surface area contributed by atoms with E-state index in [4.69, 9.17) is 11.5 Å². The Morgan fingerprint density at radius 3 is 1.40 bits per heavy atom. The van der Waals surface area contributed by atoms with Gasteiger partial charge in [-0.3, -0.25) is 0 Å². The van der Waals surface area contributed by atoms with Crippen LogP contribution in [0.2, 0.25) is 0 Å². The van der Waals surface area contributed by atoms with Gasteiger partial charge in [-0.15, -0.1) is 0 Å². The zero-order valence-electron chi connectivity index (χ0n) is 10.3. The number of rotatable bonds is 3. The zero-order chi connectivity index (χ0) is 14.9. The molecule has 6 N–H and O–H groups in total. The fourth-order valence-corrected chi connectivity index (χ4v) is 2.07. The van der Waals surface area contributed by atoms with Gasteiger partial charge in [-0.2, -0.15) is 0 Å². The minimum atomic E-state index is -1.23. The van der Waals surface area contributed by atoms with Crippen molar-refractivity contribution in [2.75, 3.05) is 11.5 Å². The van der Waals surface area contributed by atoms with E-state index in [9.17, 15) is 19.8 Å². The highest BCUT2D eigenvalue weighted by molar-refractivity contribution is 6.07. The normalized spacial score (nSPS) is 10.2. The summed E-state index contributed by atoms with van der Waals surface area (Å²) in [6.07, 6.45) is 0. The van der Waals surface area contributed by atoms with Crippen molar-refractivity contribution in [3.63, 3.8) is 0 Å². The molecule has 0 spiro atoms. The first-order valence-corrected chi connectivity index (χ1v) is 5.67. The highest BCUT2D eigenvalue weighted by atomic mass is 16.4. The molecule has 0 atom stereocenters. The second-order valence-electron chi connectivity index (χ2n) is 4.15. The lowest BCUT2D eigenvalue weighted by molar-refractivity contribution is 0.0685. The van der Waals surface area contributed by atoms with E-state index in [1.54, 1.807) is 12.1 Å². The van der Waals surface area contributed by atoms with Gasteiger partial charge >= 0.3 is 11.9 Å². The molecule has 0 unspecified atom stereocenters. The van der Waals surface area contributed by atoms with Crippen LogP contribution in [0.3, 0.4) is 0 Å². The van der Waals surface area contributed by atoms with E-state index in [1.165, 1.54) is 24.3 Å². The second kappa shape index (κ2) is 4.93. The molecule has 0 bridgehead atoms. The first kappa shape index (κ1) is 13.4. The molecule has 0 saturated heterocycles. The average Bonchev–Trinajstić information content (AvgIpc) is 2.37. The van der Waals surface area contributed by atoms with Crippen LogP contribution in [-0.2, 0) is 0 Å². The van der Waals surface area contributed by atoms with Crippen LogP contribution >= 0.6 is 0 Å². The predicted molar refractivity (Wildman–Crippen MR) is 74.6 cm³/mol. The number of nitrogens with two attached hydrogens (primary N) is 2. The molecular formula is C14H12N2O4. The molecule has 0 amide bonds. The van der Waals surface area contributed by atoms with Crippen LogP contribution in [0, 0.1) is 0 Å². The number of aromatic carboxylic acids is 2. The Bertz CT molecular complexity index is 649. The maximum atomic E-state index is 11.3. The summed E-state index contributed by atoms with van der Waals surface area (Å²) >= 11 is 0. The molecule has 0 aromatic heterocycles. The van der Waals surface area contributed by atoms with Crippen molar-refractivity contribution in [1.29, 1.82) is 0 Å². The average molecular weight is 272 g/mol. The summed E-state index contributed by atoms with van der Waals surface area (Å²) in [5.41, 5.74) is 11.6. The van der Waals surface area contributed by atoms with Gasteiger partial charge in [0.15, 0.2) is 0 Å². The van der Waals surface area contributed by atoms with Crippen molar-refractivity contribution in [3.8, 4) is 11.1 Å². The lowest BCUT2D eigenvalue weighted by Crippen LogP contribution is -2.09. The van der Waals surface area contributed by atoms with Crippen molar-refractivity contribution in [2.24, 2.45) is 0 Å². The lowest BCUT2D eigenvalue weighted by atomic mass is 9.93. The molecule has 6 nitrogen and oxygen atoms in total. The molecule has 0 aliphatic rings. The topological polar surface area (TPSA) is 127 Å². The summed E-state index contributed by atoms with van der Waals surface area (Å²) in [6, 6.07) is 9.01. The Labute approximate surface area is 114 Å². The molecular weight excluding hydrogens is 260 g/mol. The number of anilines is 2. The van der Waals surface area contributed by atoms with Crippen molar-refractivity contribution in [1.82, 2.24) is 0 Å². The van der Waals surface area contributed by atoms with Crippen molar-refractivity contribution >= 4 is 23.3 Å². The molecule has 0 fully saturated rings. The highest BCUT2D eigenvalue weighted by Gasteiger charge is 2.21. The smallest absolute Gasteiger partial charge is 0.338 e. The predicted octanol–water partition coefficient (Wildman–Crippen LogP) is 1.91. The summed E-state index contributed by atoms with van der Waals surface area (Å²) in [7, 11) is 0. The molecule has 102 valence electrons. The SMILES string of the molecule is Nc1cccc(-c2cccc(N)c2C(=O)O)c1C(=O)O. The van der Waals surface area contributed by atoms with Gasteiger partial charge in [-0.25, -0.2) is 9.59 Å². The molecule has 20 heavy (non-hydrogen) atoms. The Balaban J connectivity index is 2.83. The van der Waals surface area contributed by atoms with Gasteiger partial charge in [-0.1, -0.05) is 24.3 Å². The minimum absolute atomic E-state index is 0.0637. The van der Waals surface area contributed by atoms with Crippen molar-refractivity contribution in [3.05, 3.63) is 47.5 Å². The summed E-state index contributed by atoms with van der Waals surface area (Å²) in [6.45, 7) is 0. The van der Waals surface area contributed by atoms with Crippen molar-refractivity contribution in [2.45, 2.75) is 0 Å². The summed E-state index contributed by atoms with van der Waals surface area (Å²) in [5.74, 6) is -2.45. The van der Waals surface area contributed by atoms with Gasteiger partial charge in [0.2, 0.25) is 0 Å². The van der Waals surface area contributed by atoms with Crippen LogP contribution in [-0.4, -0.2) is 22.2 Å². The third kappa shape index (κ3) is 2.14. The summed E-state index contributed by atoms with van der Waals surface area (Å²) in [5, 5.41) is 18.5. The van der Waals surface area contributed by atoms with E-state index < -0.39 is 11.9 Å². The summed E-state index contributed by atoms with van der Waals surface area (Å²) in [4.78, 5) is 22.6. The van der Waals surface area contributed by atoms with Gasteiger partial charge in [0, 0.05) is 11.4 Å². The minimum Gasteiger partial charge on any atom is -0.478 e. The summed E-state index contributed by atoms with van der Waals surface area (Å²) < 4.78 is 0. The number of carbonyl (C=O) groups is 2. The Morgan fingerprint density at radius 1 is 0.750 bits per heavy atom. The molecule has 0 aliphatic heterocycles. The third-order valence-corrected chi connectivity index (χ3v) is 2.91. The Morgan fingerprint density at radius 2 is 1.10 bits per heavy atom. The van der Waals surface area contributed by atoms with Gasteiger partial charge in [0.25, 0.3) is 0 Å². The number of hydrogen-bond acceptors (Lipinski definition) is 4. The number of carboxylic acid groups (broad SMARTS) is 2. The number of nitrogen functional groups attached to an aromatic ring is 2. The molecule has 0 heterocycles.